The van der Waals surface area contributed by atoms with E-state index in [0.717, 1.165) is 51.7 Å². The Hall–Kier alpha value is -1.36. The van der Waals surface area contributed by atoms with Gasteiger partial charge in [-0.3, -0.25) is 19.3 Å². The summed E-state index contributed by atoms with van der Waals surface area (Å²) in [5.41, 5.74) is 0. The first-order chi connectivity index (χ1) is 17.0. The number of carbonyl (C=O) groups excluding carboxylic acids is 3. The molecule has 0 saturated carbocycles. The van der Waals surface area contributed by atoms with Crippen molar-refractivity contribution in [1.82, 2.24) is 15.1 Å². The van der Waals surface area contributed by atoms with E-state index in [1.807, 2.05) is 0 Å². The number of carbonyl (C=O) groups is 3. The van der Waals surface area contributed by atoms with E-state index in [4.69, 9.17) is 14.6 Å². The Balaban J connectivity index is 1.52. The SMILES string of the molecule is CCOC(=O)[C@@H]1[C@H]2C(=O)N(CCCCCCO)C(C(=O)NCCN3CCOCC3)C23S[C@@H]1CC3C. The molecule has 2 N–H and O–H groups in total. The van der Waals surface area contributed by atoms with Gasteiger partial charge < -0.3 is 24.8 Å². The number of ether oxygens (including phenoxy) is 2. The van der Waals surface area contributed by atoms with E-state index in [1.54, 1.807) is 23.6 Å². The van der Waals surface area contributed by atoms with Gasteiger partial charge in [-0.1, -0.05) is 19.8 Å². The molecule has 198 valence electrons. The van der Waals surface area contributed by atoms with E-state index >= 15 is 0 Å². The number of hydrogen-bond acceptors (Lipinski definition) is 8. The first kappa shape index (κ1) is 26.7. The van der Waals surface area contributed by atoms with Crippen molar-refractivity contribution in [1.29, 1.82) is 0 Å². The van der Waals surface area contributed by atoms with Crippen LogP contribution in [-0.2, 0) is 23.9 Å². The van der Waals surface area contributed by atoms with Crippen molar-refractivity contribution in [3.63, 3.8) is 0 Å². The number of morpholine rings is 1. The molecule has 0 aromatic carbocycles. The topological polar surface area (TPSA) is 108 Å². The number of rotatable bonds is 12. The van der Waals surface area contributed by atoms with Crippen LogP contribution in [0.15, 0.2) is 0 Å². The molecule has 2 bridgehead atoms. The lowest BCUT2D eigenvalue weighted by Crippen LogP contribution is -2.57. The van der Waals surface area contributed by atoms with E-state index < -0.39 is 22.6 Å². The molecular formula is C25H41N3O6S. The highest BCUT2D eigenvalue weighted by atomic mass is 32.2. The number of likely N-dealkylation sites (tertiary alicyclic amines) is 1. The molecule has 0 aromatic heterocycles. The summed E-state index contributed by atoms with van der Waals surface area (Å²) < 4.78 is 10.2. The number of unbranched alkanes of at least 4 members (excludes halogenated alkanes) is 3. The third-order valence-electron chi connectivity index (χ3n) is 8.19. The molecule has 3 unspecified atom stereocenters. The molecule has 4 rings (SSSR count). The van der Waals surface area contributed by atoms with Crippen LogP contribution in [0.5, 0.6) is 0 Å². The third kappa shape index (κ3) is 5.08. The number of fused-ring (bicyclic) bond motifs is 1. The predicted molar refractivity (Wildman–Crippen MR) is 133 cm³/mol. The Bertz CT molecular complexity index is 778. The first-order valence-electron chi connectivity index (χ1n) is 13.3. The Morgan fingerprint density at radius 1 is 1.20 bits per heavy atom. The fourth-order valence-electron chi connectivity index (χ4n) is 6.57. The molecular weight excluding hydrogens is 470 g/mol. The molecule has 0 radical (unpaired) electrons. The summed E-state index contributed by atoms with van der Waals surface area (Å²) in [6.45, 7) is 9.30. The van der Waals surface area contributed by atoms with Gasteiger partial charge in [-0.2, -0.15) is 0 Å². The van der Waals surface area contributed by atoms with E-state index in [0.29, 0.717) is 26.3 Å². The van der Waals surface area contributed by atoms with E-state index in [2.05, 4.69) is 17.1 Å². The molecule has 4 aliphatic rings. The normalized spacial score (nSPS) is 34.3. The highest BCUT2D eigenvalue weighted by molar-refractivity contribution is 8.02. The standard InChI is InChI=1S/C25H41N3O6S/c1-3-34-24(32)19-18-16-17(2)25(35-18)20(19)23(31)28(9-6-4-5-7-13-29)21(25)22(30)26-8-10-27-11-14-33-15-12-27/h17-21,29H,3-16H2,1-2H3,(H,26,30)/t17?,18-,19+,20+,21?,25?/m1/s1. The van der Waals surface area contributed by atoms with Crippen molar-refractivity contribution in [3.8, 4) is 0 Å². The number of amides is 2. The number of thioether (sulfide) groups is 1. The quantitative estimate of drug-likeness (QED) is 0.294. The van der Waals surface area contributed by atoms with Gasteiger partial charge in [0.05, 0.1) is 36.4 Å². The Kier molecular flexibility index (Phi) is 8.99. The molecule has 2 amide bonds. The fourth-order valence-corrected chi connectivity index (χ4v) is 8.98. The van der Waals surface area contributed by atoms with Gasteiger partial charge in [0.2, 0.25) is 11.8 Å². The zero-order valence-corrected chi connectivity index (χ0v) is 21.9. The number of esters is 1. The van der Waals surface area contributed by atoms with Crippen LogP contribution in [0.4, 0.5) is 0 Å². The second-order valence-corrected chi connectivity index (χ2v) is 11.8. The molecule has 35 heavy (non-hydrogen) atoms. The van der Waals surface area contributed by atoms with Crippen LogP contribution in [-0.4, -0.2) is 108 Å². The molecule has 4 aliphatic heterocycles. The number of nitrogens with zero attached hydrogens (tertiary/aromatic N) is 2. The first-order valence-corrected chi connectivity index (χ1v) is 14.2. The third-order valence-corrected chi connectivity index (χ3v) is 10.3. The molecule has 4 heterocycles. The summed E-state index contributed by atoms with van der Waals surface area (Å²) in [5.74, 6) is -1.30. The summed E-state index contributed by atoms with van der Waals surface area (Å²) in [5, 5.41) is 12.2. The van der Waals surface area contributed by atoms with Crippen molar-refractivity contribution < 1.29 is 29.0 Å². The molecule has 0 aromatic rings. The number of aliphatic hydroxyl groups is 1. The highest BCUT2D eigenvalue weighted by Gasteiger charge is 2.76. The Morgan fingerprint density at radius 2 is 1.94 bits per heavy atom. The minimum Gasteiger partial charge on any atom is -0.466 e. The van der Waals surface area contributed by atoms with E-state index in [-0.39, 0.29) is 42.2 Å². The Morgan fingerprint density at radius 3 is 2.66 bits per heavy atom. The molecule has 1 spiro atoms. The van der Waals surface area contributed by atoms with Crippen molar-refractivity contribution in [2.24, 2.45) is 17.8 Å². The van der Waals surface area contributed by atoms with Crippen molar-refractivity contribution in [2.75, 3.05) is 59.2 Å². The molecule has 9 nitrogen and oxygen atoms in total. The van der Waals surface area contributed by atoms with Crippen LogP contribution in [0.2, 0.25) is 0 Å². The predicted octanol–water partition coefficient (Wildman–Crippen LogP) is 0.888. The monoisotopic (exact) mass is 511 g/mol. The summed E-state index contributed by atoms with van der Waals surface area (Å²) >= 11 is 1.69. The van der Waals surface area contributed by atoms with Crippen molar-refractivity contribution >= 4 is 29.5 Å². The largest absolute Gasteiger partial charge is 0.466 e. The average Bonchev–Trinajstić information content (AvgIpc) is 3.43. The summed E-state index contributed by atoms with van der Waals surface area (Å²) in [6, 6.07) is -0.577. The lowest BCUT2D eigenvalue weighted by molar-refractivity contribution is -0.154. The van der Waals surface area contributed by atoms with Gasteiger partial charge in [0.25, 0.3) is 0 Å². The van der Waals surface area contributed by atoms with Crippen molar-refractivity contribution in [3.05, 3.63) is 0 Å². The van der Waals surface area contributed by atoms with Gasteiger partial charge >= 0.3 is 5.97 Å². The van der Waals surface area contributed by atoms with Crippen LogP contribution in [0.3, 0.4) is 0 Å². The highest BCUT2D eigenvalue weighted by Crippen LogP contribution is 2.68. The minimum atomic E-state index is -0.590. The molecule has 0 aliphatic carbocycles. The van der Waals surface area contributed by atoms with Crippen LogP contribution in [0, 0.1) is 17.8 Å². The van der Waals surface area contributed by atoms with Crippen LogP contribution in [0.25, 0.3) is 0 Å². The second kappa shape index (κ2) is 11.8. The number of aliphatic hydroxyl groups excluding tert-OH is 1. The lowest BCUT2D eigenvalue weighted by atomic mass is 9.66. The number of nitrogens with one attached hydrogen (secondary N) is 1. The second-order valence-electron chi connectivity index (χ2n) is 10.2. The molecule has 6 atom stereocenters. The van der Waals surface area contributed by atoms with Gasteiger partial charge in [0.1, 0.15) is 6.04 Å². The summed E-state index contributed by atoms with van der Waals surface area (Å²) in [6.07, 6.45) is 4.12. The van der Waals surface area contributed by atoms with Gasteiger partial charge in [-0.05, 0) is 32.1 Å². The zero-order valence-electron chi connectivity index (χ0n) is 21.1. The van der Waals surface area contributed by atoms with Gasteiger partial charge in [-0.15, -0.1) is 11.8 Å². The zero-order chi connectivity index (χ0) is 25.0. The fraction of sp³-hybridized carbons (Fsp3) is 0.880. The Labute approximate surface area is 212 Å². The van der Waals surface area contributed by atoms with Crippen LogP contribution < -0.4 is 5.32 Å². The lowest BCUT2D eigenvalue weighted by Gasteiger charge is -2.38. The maximum Gasteiger partial charge on any atom is 0.310 e. The van der Waals surface area contributed by atoms with Gasteiger partial charge in [0, 0.05) is 44.6 Å². The molecule has 10 heteroatoms. The average molecular weight is 512 g/mol. The summed E-state index contributed by atoms with van der Waals surface area (Å²) in [7, 11) is 0. The maximum atomic E-state index is 13.9. The van der Waals surface area contributed by atoms with E-state index in [1.165, 1.54) is 0 Å². The number of hydrogen-bond donors (Lipinski definition) is 2. The van der Waals surface area contributed by atoms with Crippen LogP contribution >= 0.6 is 11.8 Å². The molecule has 4 saturated heterocycles. The van der Waals surface area contributed by atoms with Crippen LogP contribution in [0.1, 0.15) is 46.0 Å². The van der Waals surface area contributed by atoms with E-state index in [9.17, 15) is 14.4 Å². The van der Waals surface area contributed by atoms with Gasteiger partial charge in [0.15, 0.2) is 0 Å². The maximum absolute atomic E-state index is 13.9. The smallest absolute Gasteiger partial charge is 0.310 e. The van der Waals surface area contributed by atoms with Crippen molar-refractivity contribution in [2.45, 2.75) is 62.0 Å². The molecule has 4 fully saturated rings. The van der Waals surface area contributed by atoms with Gasteiger partial charge in [-0.25, -0.2) is 0 Å². The minimum absolute atomic E-state index is 0.0216. The summed E-state index contributed by atoms with van der Waals surface area (Å²) in [4.78, 5) is 44.6.